The third-order valence-electron chi connectivity index (χ3n) is 2.11. The first kappa shape index (κ1) is 10.1. The highest BCUT2D eigenvalue weighted by Gasteiger charge is 2.10. The quantitative estimate of drug-likeness (QED) is 0.726. The van der Waals surface area contributed by atoms with E-state index < -0.39 is 0 Å². The van der Waals surface area contributed by atoms with Gasteiger partial charge in [0.05, 0.1) is 11.2 Å². The number of nitrogens with two attached hydrogens (primary N) is 1. The number of phenolic OH excluding ortho intramolecular Hbond substituents is 1. The van der Waals surface area contributed by atoms with Crippen molar-refractivity contribution in [3.05, 3.63) is 29.2 Å². The van der Waals surface area contributed by atoms with Crippen LogP contribution in [-0.4, -0.2) is 15.1 Å². The molecular formula is C10H10ClN3O. The zero-order valence-corrected chi connectivity index (χ0v) is 8.86. The summed E-state index contributed by atoms with van der Waals surface area (Å²) < 4.78 is 0. The third-order valence-corrected chi connectivity index (χ3v) is 2.28. The minimum absolute atomic E-state index is 0.139. The number of benzene rings is 1. The van der Waals surface area contributed by atoms with Crippen molar-refractivity contribution in [2.24, 2.45) is 5.73 Å². The van der Waals surface area contributed by atoms with E-state index in [0.29, 0.717) is 11.2 Å². The van der Waals surface area contributed by atoms with Crippen LogP contribution in [-0.2, 0) is 0 Å². The number of fused-ring (bicyclic) bond motifs is 1. The van der Waals surface area contributed by atoms with E-state index in [0.717, 1.165) is 5.39 Å². The average Bonchev–Trinajstić information content (AvgIpc) is 2.15. The zero-order valence-electron chi connectivity index (χ0n) is 8.11. The molecule has 0 amide bonds. The lowest BCUT2D eigenvalue weighted by Crippen LogP contribution is -2.08. The van der Waals surface area contributed by atoms with Crippen LogP contribution < -0.4 is 5.73 Å². The maximum Gasteiger partial charge on any atom is 0.223 e. The monoisotopic (exact) mass is 223 g/mol. The molecule has 78 valence electrons. The highest BCUT2D eigenvalue weighted by Crippen LogP contribution is 2.24. The second-order valence-electron chi connectivity index (χ2n) is 3.37. The molecule has 0 aliphatic heterocycles. The normalized spacial score (nSPS) is 13.0. The molecule has 0 radical (unpaired) electrons. The number of rotatable bonds is 1. The van der Waals surface area contributed by atoms with E-state index in [4.69, 9.17) is 17.3 Å². The Bertz CT molecular complexity index is 508. The van der Waals surface area contributed by atoms with Gasteiger partial charge in [0.2, 0.25) is 5.28 Å². The van der Waals surface area contributed by atoms with Crippen molar-refractivity contribution in [3.8, 4) is 5.75 Å². The van der Waals surface area contributed by atoms with E-state index in [1.807, 2.05) is 6.92 Å². The Morgan fingerprint density at radius 3 is 2.80 bits per heavy atom. The highest BCUT2D eigenvalue weighted by atomic mass is 35.5. The molecular weight excluding hydrogens is 214 g/mol. The molecule has 1 unspecified atom stereocenters. The molecule has 2 rings (SSSR count). The van der Waals surface area contributed by atoms with Gasteiger partial charge < -0.3 is 10.8 Å². The maximum absolute atomic E-state index is 9.32. The molecule has 1 aromatic carbocycles. The molecule has 15 heavy (non-hydrogen) atoms. The molecule has 0 aliphatic rings. The second kappa shape index (κ2) is 3.64. The van der Waals surface area contributed by atoms with Crippen LogP contribution in [0.4, 0.5) is 0 Å². The minimum Gasteiger partial charge on any atom is -0.508 e. The van der Waals surface area contributed by atoms with E-state index in [1.54, 1.807) is 12.1 Å². The van der Waals surface area contributed by atoms with Crippen molar-refractivity contribution >= 4 is 22.5 Å². The lowest BCUT2D eigenvalue weighted by molar-refractivity contribution is 0.476. The number of hydrogen-bond acceptors (Lipinski definition) is 4. The van der Waals surface area contributed by atoms with Crippen LogP contribution >= 0.6 is 11.6 Å². The summed E-state index contributed by atoms with van der Waals surface area (Å²) in [6.45, 7) is 1.82. The van der Waals surface area contributed by atoms with Gasteiger partial charge in [0.25, 0.3) is 0 Å². The minimum atomic E-state index is -0.224. The number of phenols is 1. The summed E-state index contributed by atoms with van der Waals surface area (Å²) in [5.74, 6) is 0.146. The van der Waals surface area contributed by atoms with Gasteiger partial charge in [0, 0.05) is 17.5 Å². The Kier molecular flexibility index (Phi) is 2.46. The van der Waals surface area contributed by atoms with Crippen molar-refractivity contribution in [1.82, 2.24) is 9.97 Å². The fourth-order valence-corrected chi connectivity index (χ4v) is 1.64. The summed E-state index contributed by atoms with van der Waals surface area (Å²) in [4.78, 5) is 8.10. The first-order valence-corrected chi connectivity index (χ1v) is 4.87. The van der Waals surface area contributed by atoms with Gasteiger partial charge >= 0.3 is 0 Å². The summed E-state index contributed by atoms with van der Waals surface area (Å²) >= 11 is 5.76. The van der Waals surface area contributed by atoms with Crippen molar-refractivity contribution in [2.75, 3.05) is 0 Å². The smallest absolute Gasteiger partial charge is 0.223 e. The Labute approximate surface area is 91.7 Å². The third kappa shape index (κ3) is 1.86. The van der Waals surface area contributed by atoms with E-state index in [2.05, 4.69) is 9.97 Å². The van der Waals surface area contributed by atoms with Crippen molar-refractivity contribution in [1.29, 1.82) is 0 Å². The SMILES string of the molecule is CC(N)c1nc(Cl)nc2cc(O)ccc12. The summed E-state index contributed by atoms with van der Waals surface area (Å²) in [6.07, 6.45) is 0. The summed E-state index contributed by atoms with van der Waals surface area (Å²) in [5.41, 5.74) is 7.06. The molecule has 1 atom stereocenters. The Morgan fingerprint density at radius 1 is 1.40 bits per heavy atom. The van der Waals surface area contributed by atoms with Crippen LogP contribution in [0.25, 0.3) is 10.9 Å². The molecule has 0 saturated carbocycles. The summed E-state index contributed by atoms with van der Waals surface area (Å²) in [7, 11) is 0. The first-order chi connectivity index (χ1) is 7.08. The Morgan fingerprint density at radius 2 is 2.13 bits per heavy atom. The lowest BCUT2D eigenvalue weighted by Gasteiger charge is -2.08. The van der Waals surface area contributed by atoms with Crippen molar-refractivity contribution in [2.45, 2.75) is 13.0 Å². The van der Waals surface area contributed by atoms with Gasteiger partial charge in [0.1, 0.15) is 5.75 Å². The van der Waals surface area contributed by atoms with Crippen LogP contribution in [0, 0.1) is 0 Å². The molecule has 3 N–H and O–H groups in total. The standard InChI is InChI=1S/C10H10ClN3O/c1-5(12)9-7-3-2-6(15)4-8(7)13-10(11)14-9/h2-5,15H,12H2,1H3. The van der Waals surface area contributed by atoms with Gasteiger partial charge in [-0.2, -0.15) is 0 Å². The molecule has 0 bridgehead atoms. The summed E-state index contributed by atoms with van der Waals surface area (Å²) in [5, 5.41) is 10.3. The van der Waals surface area contributed by atoms with Crippen molar-refractivity contribution < 1.29 is 5.11 Å². The molecule has 0 saturated heterocycles. The van der Waals surface area contributed by atoms with Crippen LogP contribution in [0.5, 0.6) is 5.75 Å². The maximum atomic E-state index is 9.32. The van der Waals surface area contributed by atoms with E-state index in [9.17, 15) is 5.11 Å². The van der Waals surface area contributed by atoms with Crippen LogP contribution in [0.3, 0.4) is 0 Å². The predicted molar refractivity (Wildman–Crippen MR) is 58.8 cm³/mol. The molecule has 5 heteroatoms. The lowest BCUT2D eigenvalue weighted by atomic mass is 10.1. The van der Waals surface area contributed by atoms with Crippen LogP contribution in [0.15, 0.2) is 18.2 Å². The number of nitrogens with zero attached hydrogens (tertiary/aromatic N) is 2. The number of halogens is 1. The largest absolute Gasteiger partial charge is 0.508 e. The van der Waals surface area contributed by atoms with Crippen LogP contribution in [0.1, 0.15) is 18.7 Å². The molecule has 2 aromatic rings. The van der Waals surface area contributed by atoms with E-state index in [-0.39, 0.29) is 17.1 Å². The van der Waals surface area contributed by atoms with Crippen LogP contribution in [0.2, 0.25) is 5.28 Å². The number of aromatic nitrogens is 2. The summed E-state index contributed by atoms with van der Waals surface area (Å²) in [6, 6.07) is 4.62. The molecule has 0 spiro atoms. The van der Waals surface area contributed by atoms with Gasteiger partial charge in [-0.3, -0.25) is 0 Å². The van der Waals surface area contributed by atoms with E-state index >= 15 is 0 Å². The van der Waals surface area contributed by atoms with Gasteiger partial charge in [-0.05, 0) is 30.7 Å². The Hall–Kier alpha value is -1.39. The number of hydrogen-bond donors (Lipinski definition) is 2. The van der Waals surface area contributed by atoms with Gasteiger partial charge in [0.15, 0.2) is 0 Å². The molecule has 1 heterocycles. The fraction of sp³-hybridized carbons (Fsp3) is 0.200. The molecule has 4 nitrogen and oxygen atoms in total. The fourth-order valence-electron chi connectivity index (χ4n) is 1.46. The topological polar surface area (TPSA) is 72.0 Å². The van der Waals surface area contributed by atoms with E-state index in [1.165, 1.54) is 6.07 Å². The van der Waals surface area contributed by atoms with Gasteiger partial charge in [-0.1, -0.05) is 0 Å². The second-order valence-corrected chi connectivity index (χ2v) is 3.71. The van der Waals surface area contributed by atoms with Gasteiger partial charge in [-0.15, -0.1) is 0 Å². The molecule has 1 aromatic heterocycles. The predicted octanol–water partition coefficient (Wildman–Crippen LogP) is 2.01. The van der Waals surface area contributed by atoms with Gasteiger partial charge in [-0.25, -0.2) is 9.97 Å². The first-order valence-electron chi connectivity index (χ1n) is 4.49. The Balaban J connectivity index is 2.80. The molecule has 0 fully saturated rings. The number of aromatic hydroxyl groups is 1. The zero-order chi connectivity index (χ0) is 11.0. The highest BCUT2D eigenvalue weighted by molar-refractivity contribution is 6.28. The average molecular weight is 224 g/mol. The molecule has 0 aliphatic carbocycles. The van der Waals surface area contributed by atoms with Crippen molar-refractivity contribution in [3.63, 3.8) is 0 Å².